The monoisotopic (exact) mass is 435 g/mol. The van der Waals surface area contributed by atoms with Crippen molar-refractivity contribution in [3.63, 3.8) is 0 Å². The van der Waals surface area contributed by atoms with Gasteiger partial charge in [0, 0.05) is 50.0 Å². The van der Waals surface area contributed by atoms with Crippen molar-refractivity contribution in [1.82, 2.24) is 9.80 Å². The van der Waals surface area contributed by atoms with Gasteiger partial charge in [0.2, 0.25) is 0 Å². The van der Waals surface area contributed by atoms with Crippen LogP contribution in [0.4, 0.5) is 11.4 Å². The molecule has 7 heteroatoms. The Morgan fingerprint density at radius 3 is 1.81 bits per heavy atom. The van der Waals surface area contributed by atoms with Gasteiger partial charge in [-0.3, -0.25) is 14.6 Å². The van der Waals surface area contributed by atoms with Crippen molar-refractivity contribution in [2.24, 2.45) is 16.8 Å². The number of likely N-dealkylation sites (tertiary alicyclic amines) is 2. The molecule has 170 valence electrons. The van der Waals surface area contributed by atoms with Crippen LogP contribution < -0.4 is 10.6 Å². The summed E-state index contributed by atoms with van der Waals surface area (Å²) in [6.07, 6.45) is 10.1. The Morgan fingerprint density at radius 1 is 0.781 bits per heavy atom. The van der Waals surface area contributed by atoms with Crippen LogP contribution in [-0.4, -0.2) is 79.9 Å². The van der Waals surface area contributed by atoms with E-state index in [1.54, 1.807) is 18.5 Å². The fourth-order valence-corrected chi connectivity index (χ4v) is 5.43. The lowest BCUT2D eigenvalue weighted by atomic mass is 9.72. The van der Waals surface area contributed by atoms with E-state index in [2.05, 4.69) is 25.4 Å². The van der Waals surface area contributed by atoms with Crippen LogP contribution in [0.2, 0.25) is 0 Å². The number of carbonyl (C=O) groups is 2. The van der Waals surface area contributed by atoms with E-state index in [-0.39, 0.29) is 11.6 Å². The fourth-order valence-electron chi connectivity index (χ4n) is 5.43. The number of anilines is 2. The third-order valence-electron chi connectivity index (χ3n) is 7.20. The summed E-state index contributed by atoms with van der Waals surface area (Å²) < 4.78 is 0. The first-order valence-corrected chi connectivity index (χ1v) is 12.1. The van der Waals surface area contributed by atoms with Gasteiger partial charge in [0.15, 0.2) is 11.6 Å². The molecule has 2 saturated heterocycles. The summed E-state index contributed by atoms with van der Waals surface area (Å²) in [5, 5.41) is 6.93. The zero-order chi connectivity index (χ0) is 21.9. The second kappa shape index (κ2) is 9.55. The number of allylic oxidation sites excluding steroid dienone is 1. The molecule has 7 nitrogen and oxygen atoms in total. The highest BCUT2D eigenvalue weighted by Crippen LogP contribution is 2.39. The summed E-state index contributed by atoms with van der Waals surface area (Å²) in [5.74, 6) is -0.950. The quantitative estimate of drug-likeness (QED) is 0.654. The molecule has 2 N–H and O–H groups in total. The minimum atomic E-state index is -0.501. The number of benzene rings is 1. The fraction of sp³-hybridized carbons (Fsp3) is 0.560. The number of nitrogens with zero attached hydrogens (tertiary/aromatic N) is 3. The van der Waals surface area contributed by atoms with E-state index in [1.807, 2.05) is 12.1 Å². The first kappa shape index (κ1) is 21.3. The van der Waals surface area contributed by atoms with Gasteiger partial charge in [-0.15, -0.1) is 0 Å². The minimum Gasteiger partial charge on any atom is -0.383 e. The molecule has 2 atom stereocenters. The molecule has 1 aromatic rings. The van der Waals surface area contributed by atoms with Gasteiger partial charge >= 0.3 is 0 Å². The lowest BCUT2D eigenvalue weighted by Crippen LogP contribution is -2.39. The number of rotatable bonds is 8. The highest BCUT2D eigenvalue weighted by Gasteiger charge is 2.42. The topological polar surface area (TPSA) is 77.0 Å². The van der Waals surface area contributed by atoms with Crippen LogP contribution in [0.15, 0.2) is 29.4 Å². The van der Waals surface area contributed by atoms with E-state index < -0.39 is 11.8 Å². The summed E-state index contributed by atoms with van der Waals surface area (Å²) in [6, 6.07) is 3.93. The summed E-state index contributed by atoms with van der Waals surface area (Å²) >= 11 is 0. The van der Waals surface area contributed by atoms with Gasteiger partial charge in [-0.25, -0.2) is 0 Å². The van der Waals surface area contributed by atoms with Gasteiger partial charge in [-0.1, -0.05) is 6.08 Å². The van der Waals surface area contributed by atoms with Crippen molar-refractivity contribution >= 4 is 29.2 Å². The van der Waals surface area contributed by atoms with Gasteiger partial charge in [0.25, 0.3) is 0 Å². The van der Waals surface area contributed by atoms with Crippen molar-refractivity contribution < 1.29 is 9.59 Å². The molecule has 2 fully saturated rings. The van der Waals surface area contributed by atoms with Gasteiger partial charge in [-0.2, -0.15) is 0 Å². The van der Waals surface area contributed by atoms with E-state index in [0.717, 1.165) is 63.7 Å². The van der Waals surface area contributed by atoms with E-state index in [0.29, 0.717) is 11.1 Å². The molecule has 32 heavy (non-hydrogen) atoms. The predicted octanol–water partition coefficient (Wildman–Crippen LogP) is 2.91. The molecular formula is C25H33N5O2. The number of Topliss-reactive ketones (excluding diaryl/α,β-unsaturated/α-hetero) is 2. The Kier molecular flexibility index (Phi) is 6.37. The first-order chi connectivity index (χ1) is 15.7. The Morgan fingerprint density at radius 2 is 1.28 bits per heavy atom. The molecule has 0 radical (unpaired) electrons. The lowest BCUT2D eigenvalue weighted by Gasteiger charge is -2.31. The molecule has 2 unspecified atom stereocenters. The smallest absolute Gasteiger partial charge is 0.175 e. The molecule has 4 aliphatic rings. The molecule has 0 bridgehead atoms. The van der Waals surface area contributed by atoms with Gasteiger partial charge in [0.1, 0.15) is 0 Å². The summed E-state index contributed by atoms with van der Waals surface area (Å²) in [7, 11) is 0. The third-order valence-corrected chi connectivity index (χ3v) is 7.20. The second-order valence-corrected chi connectivity index (χ2v) is 9.28. The lowest BCUT2D eigenvalue weighted by molar-refractivity contribution is 0.0817. The van der Waals surface area contributed by atoms with Crippen LogP contribution in [0.1, 0.15) is 46.4 Å². The standard InChI is InChI=1S/C25H33N5O2/c31-24-18-7-8-26-17-19(18)25(32)23-21(28-10-16-30-13-3-4-14-30)6-5-20(22(23)24)27-9-15-29-11-1-2-12-29/h5-8,17-19,27-28H,1-4,9-16H2. The van der Waals surface area contributed by atoms with Crippen molar-refractivity contribution in [3.8, 4) is 0 Å². The first-order valence-electron chi connectivity index (χ1n) is 12.1. The summed E-state index contributed by atoms with van der Waals surface area (Å²) in [6.45, 7) is 8.00. The van der Waals surface area contributed by atoms with E-state index >= 15 is 0 Å². The highest BCUT2D eigenvalue weighted by atomic mass is 16.1. The van der Waals surface area contributed by atoms with Crippen LogP contribution in [0.5, 0.6) is 0 Å². The average Bonchev–Trinajstić information content (AvgIpc) is 3.52. The maximum Gasteiger partial charge on any atom is 0.175 e. The molecular weight excluding hydrogens is 402 g/mol. The Hall–Kier alpha value is -2.51. The highest BCUT2D eigenvalue weighted by molar-refractivity contribution is 6.25. The Bertz CT molecular complexity index is 854. The van der Waals surface area contributed by atoms with Crippen LogP contribution in [0.25, 0.3) is 0 Å². The summed E-state index contributed by atoms with van der Waals surface area (Å²) in [5.41, 5.74) is 2.62. The van der Waals surface area contributed by atoms with Crippen LogP contribution in [0, 0.1) is 11.8 Å². The molecule has 0 aromatic heterocycles. The molecule has 3 aliphatic heterocycles. The van der Waals surface area contributed by atoms with E-state index in [4.69, 9.17) is 0 Å². The molecule has 1 aromatic carbocycles. The van der Waals surface area contributed by atoms with Gasteiger partial charge in [0.05, 0.1) is 23.0 Å². The number of hydrogen-bond donors (Lipinski definition) is 2. The van der Waals surface area contributed by atoms with Gasteiger partial charge in [-0.05, 0) is 64.0 Å². The molecule has 1 aliphatic carbocycles. The molecule has 0 amide bonds. The predicted molar refractivity (Wildman–Crippen MR) is 128 cm³/mol. The number of fused-ring (bicyclic) bond motifs is 2. The molecule has 0 saturated carbocycles. The second-order valence-electron chi connectivity index (χ2n) is 9.28. The molecule has 0 spiro atoms. The van der Waals surface area contributed by atoms with Crippen LogP contribution in [-0.2, 0) is 0 Å². The van der Waals surface area contributed by atoms with Crippen molar-refractivity contribution in [2.75, 3.05) is 63.0 Å². The Balaban J connectivity index is 1.39. The number of ketones is 2. The van der Waals surface area contributed by atoms with Crippen molar-refractivity contribution in [1.29, 1.82) is 0 Å². The maximum absolute atomic E-state index is 13.5. The Labute approximate surface area is 189 Å². The van der Waals surface area contributed by atoms with Crippen LogP contribution >= 0.6 is 0 Å². The average molecular weight is 436 g/mol. The number of aliphatic imine (C=N–C) groups is 1. The third kappa shape index (κ3) is 4.24. The zero-order valence-electron chi connectivity index (χ0n) is 18.7. The molecule has 3 heterocycles. The normalized spacial score (nSPS) is 25.2. The van der Waals surface area contributed by atoms with Crippen molar-refractivity contribution in [2.45, 2.75) is 25.7 Å². The molecule has 5 rings (SSSR count). The number of nitrogens with one attached hydrogen (secondary N) is 2. The number of hydrogen-bond acceptors (Lipinski definition) is 7. The summed E-state index contributed by atoms with van der Waals surface area (Å²) in [4.78, 5) is 36.1. The van der Waals surface area contributed by atoms with Gasteiger partial charge < -0.3 is 20.4 Å². The largest absolute Gasteiger partial charge is 0.383 e. The van der Waals surface area contributed by atoms with Crippen molar-refractivity contribution in [3.05, 3.63) is 35.5 Å². The maximum atomic E-state index is 13.5. The number of carbonyl (C=O) groups excluding carboxylic acids is 2. The van der Waals surface area contributed by atoms with E-state index in [9.17, 15) is 9.59 Å². The minimum absolute atomic E-state index is 0.00966. The zero-order valence-corrected chi connectivity index (χ0v) is 18.7. The van der Waals surface area contributed by atoms with Crippen LogP contribution in [0.3, 0.4) is 0 Å². The SMILES string of the molecule is O=C1c2c(NCCN3CCCC3)ccc(NCCN3CCCC3)c2C(=O)C2C=NC=CC12. The van der Waals surface area contributed by atoms with E-state index in [1.165, 1.54) is 25.7 Å².